The average molecular weight is 198 g/mol. The highest BCUT2D eigenvalue weighted by Gasteiger charge is 2.55. The Balaban J connectivity index is 4.85. The van der Waals surface area contributed by atoms with E-state index in [2.05, 4.69) is 11.1 Å². The molecule has 0 aromatic rings. The van der Waals surface area contributed by atoms with Gasteiger partial charge < -0.3 is 5.73 Å². The normalized spacial score (nSPS) is 17.2. The summed E-state index contributed by atoms with van der Waals surface area (Å²) < 4.78 is 37.1. The monoisotopic (exact) mass is 198 g/mol. The second-order valence-corrected chi connectivity index (χ2v) is 3.29. The van der Waals surface area contributed by atoms with Crippen molar-refractivity contribution in [3.8, 4) is 0 Å². The number of hydrogen-bond acceptors (Lipinski definition) is 2. The zero-order chi connectivity index (χ0) is 10.9. The first-order chi connectivity index (χ1) is 5.61. The van der Waals surface area contributed by atoms with Crippen LogP contribution in [0.4, 0.5) is 13.2 Å². The van der Waals surface area contributed by atoms with Crippen molar-refractivity contribution < 1.29 is 18.0 Å². The van der Waals surface area contributed by atoms with E-state index in [1.807, 2.05) is 0 Å². The quantitative estimate of drug-likeness (QED) is 0.704. The third-order valence-corrected chi connectivity index (χ3v) is 1.64. The van der Waals surface area contributed by atoms with Crippen molar-refractivity contribution >= 4 is 5.91 Å². The van der Waals surface area contributed by atoms with Crippen LogP contribution in [0.2, 0.25) is 0 Å². The topological polar surface area (TPSA) is 55.1 Å². The second kappa shape index (κ2) is 3.53. The first-order valence-electron chi connectivity index (χ1n) is 3.75. The van der Waals surface area contributed by atoms with Gasteiger partial charge >= 0.3 is 6.18 Å². The minimum Gasteiger partial charge on any atom is -0.368 e. The number of nitrogens with two attached hydrogens (primary N) is 1. The number of primary amides is 1. The van der Waals surface area contributed by atoms with Crippen LogP contribution in [0.1, 0.15) is 20.8 Å². The molecule has 0 aliphatic heterocycles. The Kier molecular flexibility index (Phi) is 3.32. The number of halogens is 3. The van der Waals surface area contributed by atoms with E-state index in [1.54, 1.807) is 0 Å². The third-order valence-electron chi connectivity index (χ3n) is 1.64. The van der Waals surface area contributed by atoms with Crippen molar-refractivity contribution in [2.75, 3.05) is 0 Å². The van der Waals surface area contributed by atoms with Gasteiger partial charge in [-0.25, -0.2) is 0 Å². The summed E-state index contributed by atoms with van der Waals surface area (Å²) in [4.78, 5) is 10.6. The lowest BCUT2D eigenvalue weighted by molar-refractivity contribution is -0.195. The molecule has 0 aliphatic carbocycles. The van der Waals surface area contributed by atoms with Gasteiger partial charge in [-0.2, -0.15) is 13.2 Å². The minimum absolute atomic E-state index is 0.473. The molecule has 1 amide bonds. The Bertz CT molecular complexity index is 202. The summed E-state index contributed by atoms with van der Waals surface area (Å²) in [6.07, 6.45) is -4.68. The minimum atomic E-state index is -4.68. The fraction of sp³-hybridized carbons (Fsp3) is 0.857. The molecule has 1 unspecified atom stereocenters. The van der Waals surface area contributed by atoms with Gasteiger partial charge in [-0.1, -0.05) is 0 Å². The lowest BCUT2D eigenvalue weighted by atomic mass is 10.00. The number of amides is 1. The highest BCUT2D eigenvalue weighted by molar-refractivity contribution is 5.85. The fourth-order valence-corrected chi connectivity index (χ4v) is 0.870. The summed E-state index contributed by atoms with van der Waals surface area (Å²) in [6.45, 7) is 3.75. The summed E-state index contributed by atoms with van der Waals surface area (Å²) in [7, 11) is 0. The van der Waals surface area contributed by atoms with Crippen molar-refractivity contribution in [1.29, 1.82) is 0 Å². The number of alkyl halides is 3. The number of nitrogens with one attached hydrogen (secondary N) is 1. The molecule has 0 aromatic heterocycles. The van der Waals surface area contributed by atoms with Crippen LogP contribution in [0, 0.1) is 0 Å². The zero-order valence-electron chi connectivity index (χ0n) is 7.70. The van der Waals surface area contributed by atoms with Gasteiger partial charge in [-0.3, -0.25) is 10.1 Å². The van der Waals surface area contributed by atoms with Gasteiger partial charge in [0.25, 0.3) is 0 Å². The molecule has 0 rings (SSSR count). The highest BCUT2D eigenvalue weighted by atomic mass is 19.4. The molecule has 3 nitrogen and oxygen atoms in total. The maximum atomic E-state index is 12.4. The van der Waals surface area contributed by atoms with Crippen LogP contribution in [0.3, 0.4) is 0 Å². The summed E-state index contributed by atoms with van der Waals surface area (Å²) in [6, 6.07) is -0.473. The van der Waals surface area contributed by atoms with E-state index < -0.39 is 23.7 Å². The lowest BCUT2D eigenvalue weighted by Gasteiger charge is -2.31. The SMILES string of the molecule is CC(C)NC(C)(C(N)=O)C(F)(F)F. The van der Waals surface area contributed by atoms with Crippen LogP contribution in [-0.4, -0.2) is 23.7 Å². The fourth-order valence-electron chi connectivity index (χ4n) is 0.870. The standard InChI is InChI=1S/C7H13F3N2O/c1-4(2)12-6(3,5(11)13)7(8,9)10/h4,12H,1-3H3,(H2,11,13). The largest absolute Gasteiger partial charge is 0.415 e. The maximum absolute atomic E-state index is 12.4. The van der Waals surface area contributed by atoms with E-state index in [0.717, 1.165) is 6.92 Å². The smallest absolute Gasteiger partial charge is 0.368 e. The van der Waals surface area contributed by atoms with Crippen LogP contribution in [0.5, 0.6) is 0 Å². The molecule has 78 valence electrons. The van der Waals surface area contributed by atoms with Gasteiger partial charge in [0.05, 0.1) is 0 Å². The third kappa shape index (κ3) is 2.58. The molecule has 0 radical (unpaired) electrons. The predicted molar refractivity (Wildman–Crippen MR) is 41.9 cm³/mol. The van der Waals surface area contributed by atoms with Gasteiger partial charge in [0, 0.05) is 6.04 Å². The van der Waals surface area contributed by atoms with Crippen molar-refractivity contribution in [1.82, 2.24) is 5.32 Å². The Morgan fingerprint density at radius 3 is 1.85 bits per heavy atom. The second-order valence-electron chi connectivity index (χ2n) is 3.29. The van der Waals surface area contributed by atoms with Gasteiger partial charge in [0.2, 0.25) is 5.91 Å². The molecule has 0 fully saturated rings. The van der Waals surface area contributed by atoms with Gasteiger partial charge in [-0.05, 0) is 20.8 Å². The molecule has 13 heavy (non-hydrogen) atoms. The predicted octanol–water partition coefficient (Wildman–Crippen LogP) is 0.791. The summed E-state index contributed by atoms with van der Waals surface area (Å²) in [5.41, 5.74) is 2.03. The Morgan fingerprint density at radius 2 is 1.77 bits per heavy atom. The molecule has 3 N–H and O–H groups in total. The van der Waals surface area contributed by atoms with Gasteiger partial charge in [0.15, 0.2) is 5.54 Å². The first-order valence-corrected chi connectivity index (χ1v) is 3.75. The molecule has 0 aliphatic rings. The molecular formula is C7H13F3N2O. The van der Waals surface area contributed by atoms with Crippen LogP contribution in [0.15, 0.2) is 0 Å². The van der Waals surface area contributed by atoms with Crippen LogP contribution >= 0.6 is 0 Å². The van der Waals surface area contributed by atoms with Crippen LogP contribution in [-0.2, 0) is 4.79 Å². The van der Waals surface area contributed by atoms with Crippen LogP contribution in [0.25, 0.3) is 0 Å². The van der Waals surface area contributed by atoms with E-state index in [0.29, 0.717) is 0 Å². The Labute approximate surface area is 74.5 Å². The maximum Gasteiger partial charge on any atom is 0.415 e. The molecule has 0 spiro atoms. The van der Waals surface area contributed by atoms with Crippen molar-refractivity contribution in [3.05, 3.63) is 0 Å². The number of hydrogen-bond donors (Lipinski definition) is 2. The molecule has 1 atom stereocenters. The molecular weight excluding hydrogens is 185 g/mol. The number of carbonyl (C=O) groups excluding carboxylic acids is 1. The number of rotatable bonds is 3. The first kappa shape index (κ1) is 12.2. The molecule has 0 aromatic carbocycles. The lowest BCUT2D eigenvalue weighted by Crippen LogP contribution is -2.64. The van der Waals surface area contributed by atoms with Gasteiger partial charge in [-0.15, -0.1) is 0 Å². The summed E-state index contributed by atoms with van der Waals surface area (Å²) >= 11 is 0. The average Bonchev–Trinajstić information content (AvgIpc) is 1.82. The zero-order valence-corrected chi connectivity index (χ0v) is 7.70. The molecule has 0 saturated heterocycles. The number of carbonyl (C=O) groups is 1. The molecule has 6 heteroatoms. The molecule has 0 saturated carbocycles. The van der Waals surface area contributed by atoms with Crippen molar-refractivity contribution in [2.24, 2.45) is 5.73 Å². The van der Waals surface area contributed by atoms with E-state index in [4.69, 9.17) is 0 Å². The van der Waals surface area contributed by atoms with E-state index in [1.165, 1.54) is 13.8 Å². The molecule has 0 heterocycles. The highest BCUT2D eigenvalue weighted by Crippen LogP contribution is 2.30. The van der Waals surface area contributed by atoms with Crippen LogP contribution < -0.4 is 11.1 Å². The van der Waals surface area contributed by atoms with E-state index in [-0.39, 0.29) is 0 Å². The Morgan fingerprint density at radius 1 is 1.38 bits per heavy atom. The van der Waals surface area contributed by atoms with Crippen molar-refractivity contribution in [3.63, 3.8) is 0 Å². The summed E-state index contributed by atoms with van der Waals surface area (Å²) in [5.74, 6) is -1.42. The molecule has 0 bridgehead atoms. The van der Waals surface area contributed by atoms with Gasteiger partial charge in [0.1, 0.15) is 0 Å². The van der Waals surface area contributed by atoms with Crippen molar-refractivity contribution in [2.45, 2.75) is 38.5 Å². The van der Waals surface area contributed by atoms with E-state index >= 15 is 0 Å². The van der Waals surface area contributed by atoms with E-state index in [9.17, 15) is 18.0 Å². The Hall–Kier alpha value is -0.780. The summed E-state index contributed by atoms with van der Waals surface area (Å²) in [5, 5.41) is 2.10.